The van der Waals surface area contributed by atoms with Crippen molar-refractivity contribution in [2.24, 2.45) is 13.0 Å². The van der Waals surface area contributed by atoms with Crippen LogP contribution in [0.2, 0.25) is 0 Å². The van der Waals surface area contributed by atoms with E-state index in [-0.39, 0.29) is 24.4 Å². The Balaban J connectivity index is 1.66. The van der Waals surface area contributed by atoms with Crippen LogP contribution in [0.4, 0.5) is 5.82 Å². The number of sulfonamides is 1. The Morgan fingerprint density at radius 2 is 2.17 bits per heavy atom. The van der Waals surface area contributed by atoms with E-state index in [2.05, 4.69) is 10.4 Å². The molecule has 2 bridgehead atoms. The molecule has 3 heterocycles. The maximum Gasteiger partial charge on any atom is 0.239 e. The van der Waals surface area contributed by atoms with Gasteiger partial charge in [-0.2, -0.15) is 9.40 Å². The van der Waals surface area contributed by atoms with Crippen LogP contribution in [0.25, 0.3) is 0 Å². The summed E-state index contributed by atoms with van der Waals surface area (Å²) in [5, 5.41) is 6.88. The zero-order valence-corrected chi connectivity index (χ0v) is 14.7. The van der Waals surface area contributed by atoms with Crippen molar-refractivity contribution in [3.63, 3.8) is 0 Å². The number of carbonyl (C=O) groups is 1. The van der Waals surface area contributed by atoms with E-state index >= 15 is 0 Å². The van der Waals surface area contributed by atoms with Crippen LogP contribution < -0.4 is 5.32 Å². The Bertz CT molecular complexity index is 704. The van der Waals surface area contributed by atoms with E-state index in [1.807, 2.05) is 4.90 Å². The summed E-state index contributed by atoms with van der Waals surface area (Å²) in [4.78, 5) is 14.2. The lowest BCUT2D eigenvalue weighted by Gasteiger charge is -2.29. The Kier molecular flexibility index (Phi) is 4.90. The molecule has 0 aromatic carbocycles. The topological polar surface area (TPSA) is 96.8 Å². The van der Waals surface area contributed by atoms with E-state index < -0.39 is 10.0 Å². The fourth-order valence-electron chi connectivity index (χ4n) is 3.30. The summed E-state index contributed by atoms with van der Waals surface area (Å²) in [5.41, 5.74) is 0. The molecule has 2 atom stereocenters. The average Bonchev–Trinajstić information content (AvgIpc) is 2.67. The number of aromatic nitrogens is 2. The fourth-order valence-corrected chi connectivity index (χ4v) is 4.46. The highest BCUT2D eigenvalue weighted by molar-refractivity contribution is 7.88. The average molecular weight is 357 g/mol. The standard InChI is InChI=1S/C14H23N5O4S/c1-17-4-3-13(16-17)15-14(20)8-18-5-11-6-19(24(2,21)22)12(7-18)10-23-9-11/h3-4,11-12H,5-10H2,1-2H3,(H,15,16,20)/t11-,12-/m0/s1. The van der Waals surface area contributed by atoms with Gasteiger partial charge in [-0.1, -0.05) is 0 Å². The molecule has 1 aromatic heterocycles. The highest BCUT2D eigenvalue weighted by Gasteiger charge is 2.38. The van der Waals surface area contributed by atoms with Gasteiger partial charge < -0.3 is 10.1 Å². The number of amides is 1. The Morgan fingerprint density at radius 1 is 1.38 bits per heavy atom. The zero-order chi connectivity index (χ0) is 17.3. The van der Waals surface area contributed by atoms with Crippen LogP contribution in [-0.4, -0.2) is 85.0 Å². The van der Waals surface area contributed by atoms with Gasteiger partial charge in [-0.25, -0.2) is 8.42 Å². The van der Waals surface area contributed by atoms with Crippen molar-refractivity contribution in [2.45, 2.75) is 6.04 Å². The molecule has 2 aliphatic rings. The molecule has 24 heavy (non-hydrogen) atoms. The lowest BCUT2D eigenvalue weighted by molar-refractivity contribution is -0.117. The van der Waals surface area contributed by atoms with Gasteiger partial charge in [0.25, 0.3) is 0 Å². The molecule has 9 nitrogen and oxygen atoms in total. The molecule has 1 aromatic rings. The van der Waals surface area contributed by atoms with E-state index in [0.717, 1.165) is 0 Å². The normalized spacial score (nSPS) is 26.1. The van der Waals surface area contributed by atoms with Crippen molar-refractivity contribution >= 4 is 21.7 Å². The Labute approximate surface area is 141 Å². The van der Waals surface area contributed by atoms with E-state index in [0.29, 0.717) is 38.7 Å². The van der Waals surface area contributed by atoms with Gasteiger partial charge in [0.15, 0.2) is 5.82 Å². The number of ether oxygens (including phenoxy) is 1. The molecule has 1 amide bonds. The molecule has 0 aliphatic carbocycles. The molecule has 0 spiro atoms. The van der Waals surface area contributed by atoms with E-state index in [1.165, 1.54) is 10.6 Å². The summed E-state index contributed by atoms with van der Waals surface area (Å²) in [5.74, 6) is 0.425. The van der Waals surface area contributed by atoms with Crippen LogP contribution in [0, 0.1) is 5.92 Å². The van der Waals surface area contributed by atoms with Crippen molar-refractivity contribution in [1.82, 2.24) is 19.0 Å². The molecule has 0 radical (unpaired) electrons. The van der Waals surface area contributed by atoms with E-state index in [9.17, 15) is 13.2 Å². The summed E-state index contributed by atoms with van der Waals surface area (Å²) >= 11 is 0. The van der Waals surface area contributed by atoms with Crippen LogP contribution >= 0.6 is 0 Å². The van der Waals surface area contributed by atoms with Gasteiger partial charge in [0.2, 0.25) is 15.9 Å². The predicted octanol–water partition coefficient (Wildman–Crippen LogP) is -1.05. The second kappa shape index (κ2) is 6.79. The first-order valence-electron chi connectivity index (χ1n) is 7.87. The fraction of sp³-hybridized carbons (Fsp3) is 0.714. The molecule has 10 heteroatoms. The highest BCUT2D eigenvalue weighted by Crippen LogP contribution is 2.21. The first-order chi connectivity index (χ1) is 11.3. The first-order valence-corrected chi connectivity index (χ1v) is 9.72. The van der Waals surface area contributed by atoms with Gasteiger partial charge in [-0.3, -0.25) is 14.4 Å². The molecule has 3 rings (SSSR count). The predicted molar refractivity (Wildman–Crippen MR) is 87.9 cm³/mol. The van der Waals surface area contributed by atoms with Gasteiger partial charge >= 0.3 is 0 Å². The number of hydrogen-bond acceptors (Lipinski definition) is 6. The highest BCUT2D eigenvalue weighted by atomic mass is 32.2. The number of carbonyl (C=O) groups excluding carboxylic acids is 1. The summed E-state index contributed by atoms with van der Waals surface area (Å²) < 4.78 is 32.8. The van der Waals surface area contributed by atoms with E-state index in [4.69, 9.17) is 4.74 Å². The zero-order valence-electron chi connectivity index (χ0n) is 13.9. The van der Waals surface area contributed by atoms with Crippen molar-refractivity contribution in [1.29, 1.82) is 0 Å². The largest absolute Gasteiger partial charge is 0.379 e. The second-order valence-corrected chi connectivity index (χ2v) is 8.44. The SMILES string of the molecule is Cn1ccc(NC(=O)CN2C[C@@H]3COC[C@H](C2)N(S(C)(=O)=O)C3)n1. The molecule has 2 fully saturated rings. The number of anilines is 1. The molecule has 2 aliphatic heterocycles. The van der Waals surface area contributed by atoms with Gasteiger partial charge in [-0.15, -0.1) is 0 Å². The molecule has 134 valence electrons. The lowest BCUT2D eigenvalue weighted by atomic mass is 10.1. The summed E-state index contributed by atoms with van der Waals surface area (Å²) in [6, 6.07) is 1.48. The third kappa shape index (κ3) is 4.12. The van der Waals surface area contributed by atoms with Crippen LogP contribution in [0.15, 0.2) is 12.3 Å². The van der Waals surface area contributed by atoms with Crippen LogP contribution in [0.3, 0.4) is 0 Å². The maximum atomic E-state index is 12.2. The number of aryl methyl sites for hydroxylation is 1. The number of fused-ring (bicyclic) bond motifs is 3. The van der Waals surface area contributed by atoms with Gasteiger partial charge in [-0.05, 0) is 0 Å². The summed E-state index contributed by atoms with van der Waals surface area (Å²) in [6.45, 7) is 2.66. The third-order valence-electron chi connectivity index (χ3n) is 4.27. The van der Waals surface area contributed by atoms with Crippen molar-refractivity contribution < 1.29 is 17.9 Å². The summed E-state index contributed by atoms with van der Waals surface area (Å²) in [7, 11) is -1.50. The van der Waals surface area contributed by atoms with E-state index in [1.54, 1.807) is 24.0 Å². The number of rotatable bonds is 4. The second-order valence-electron chi connectivity index (χ2n) is 6.51. The third-order valence-corrected chi connectivity index (χ3v) is 5.57. The first kappa shape index (κ1) is 17.3. The minimum absolute atomic E-state index is 0.0647. The number of nitrogens with one attached hydrogen (secondary N) is 1. The quantitative estimate of drug-likeness (QED) is 0.739. The minimum atomic E-state index is -3.29. The van der Waals surface area contributed by atoms with Crippen LogP contribution in [0.5, 0.6) is 0 Å². The molecule has 0 unspecified atom stereocenters. The van der Waals surface area contributed by atoms with Gasteiger partial charge in [0.05, 0.1) is 32.1 Å². The monoisotopic (exact) mass is 357 g/mol. The lowest BCUT2D eigenvalue weighted by Crippen LogP contribution is -2.47. The Morgan fingerprint density at radius 3 is 2.83 bits per heavy atom. The van der Waals surface area contributed by atoms with Crippen molar-refractivity contribution in [2.75, 3.05) is 51.0 Å². The molecular weight excluding hydrogens is 334 g/mol. The minimum Gasteiger partial charge on any atom is -0.379 e. The Hall–Kier alpha value is -1.49. The molecule has 2 saturated heterocycles. The van der Waals surface area contributed by atoms with Crippen molar-refractivity contribution in [3.8, 4) is 0 Å². The maximum absolute atomic E-state index is 12.2. The van der Waals surface area contributed by atoms with Gasteiger partial charge in [0, 0.05) is 44.9 Å². The van der Waals surface area contributed by atoms with Crippen LogP contribution in [0.1, 0.15) is 0 Å². The molecular formula is C14H23N5O4S. The van der Waals surface area contributed by atoms with Crippen molar-refractivity contribution in [3.05, 3.63) is 12.3 Å². The smallest absolute Gasteiger partial charge is 0.239 e. The number of hydrogen-bond donors (Lipinski definition) is 1. The molecule has 0 saturated carbocycles. The molecule has 1 N–H and O–H groups in total. The van der Waals surface area contributed by atoms with Crippen LogP contribution in [-0.2, 0) is 26.6 Å². The summed E-state index contributed by atoms with van der Waals surface area (Å²) in [6.07, 6.45) is 2.99. The number of nitrogens with zero attached hydrogens (tertiary/aromatic N) is 4. The van der Waals surface area contributed by atoms with Gasteiger partial charge in [0.1, 0.15) is 0 Å².